The summed E-state index contributed by atoms with van der Waals surface area (Å²) in [7, 11) is -5.12. The van der Waals surface area contributed by atoms with E-state index >= 15 is 4.79 Å². The molecule has 2 N–H and O–H groups in total. The predicted molar refractivity (Wildman–Crippen MR) is 173 cm³/mol. The number of carbonyl (C=O) groups is 3. The Kier molecular flexibility index (Phi) is 7.80. The molecular formula is C34H48O10Si2. The largest absolute Gasteiger partial charge is 0.455 e. The van der Waals surface area contributed by atoms with E-state index in [0.717, 1.165) is 0 Å². The van der Waals surface area contributed by atoms with E-state index in [1.807, 2.05) is 13.8 Å². The van der Waals surface area contributed by atoms with Crippen molar-refractivity contribution in [3.63, 3.8) is 0 Å². The third kappa shape index (κ3) is 4.77. The number of carbonyl (C=O) groups excluding carboxylic acids is 3. The predicted octanol–water partition coefficient (Wildman–Crippen LogP) is 4.09. The minimum Gasteiger partial charge on any atom is -0.455 e. The molecule has 9 atom stereocenters. The normalized spacial score (nSPS) is 42.1. The van der Waals surface area contributed by atoms with Gasteiger partial charge in [0.05, 0.1) is 35.7 Å². The molecule has 0 aromatic heterocycles. The molecule has 5 aliphatic rings. The van der Waals surface area contributed by atoms with Crippen LogP contribution >= 0.6 is 0 Å². The standard InChI is InChI=1S/C34H48O10Si2/c1-19-22(36)16-34(39)29(41-30(38)21-13-11-10-12-14-21)27-32(5)23(15-24-33(27,17-40-24)42-20(2)35)43-45(6,7)18-46(8,9)44-26(28(32)37)25(19)31(34,3)4/h10-14,22-24,26-27,29,36,39H,15-18H2,1-9H3/t22-,23?,24+,26?,27?,29-,32+,33-,34+/m0/s1. The number of aliphatic hydroxyl groups excluding tert-OH is 1. The molecule has 4 bridgehead atoms. The number of benzene rings is 1. The molecule has 2 heterocycles. The summed E-state index contributed by atoms with van der Waals surface area (Å²) in [4.78, 5) is 42.5. The summed E-state index contributed by atoms with van der Waals surface area (Å²) in [6, 6.07) is 8.45. The number of hydrogen-bond donors (Lipinski definition) is 2. The van der Waals surface area contributed by atoms with Crippen LogP contribution in [0.4, 0.5) is 0 Å². The molecule has 0 radical (unpaired) electrons. The molecule has 4 fully saturated rings. The second kappa shape index (κ2) is 10.7. The van der Waals surface area contributed by atoms with Gasteiger partial charge >= 0.3 is 11.9 Å². The van der Waals surface area contributed by atoms with Crippen LogP contribution in [0.25, 0.3) is 0 Å². The lowest BCUT2D eigenvalue weighted by atomic mass is 9.44. The summed E-state index contributed by atoms with van der Waals surface area (Å²) in [5.74, 6) is -2.67. The Balaban J connectivity index is 1.70. The fourth-order valence-electron chi connectivity index (χ4n) is 9.70. The molecule has 252 valence electrons. The van der Waals surface area contributed by atoms with Gasteiger partial charge in [0.2, 0.25) is 0 Å². The Labute approximate surface area is 273 Å². The van der Waals surface area contributed by atoms with Crippen LogP contribution < -0.4 is 0 Å². The van der Waals surface area contributed by atoms with Crippen molar-refractivity contribution in [2.24, 2.45) is 16.7 Å². The smallest absolute Gasteiger partial charge is 0.338 e. The monoisotopic (exact) mass is 672 g/mol. The Morgan fingerprint density at radius 2 is 1.63 bits per heavy atom. The van der Waals surface area contributed by atoms with Crippen molar-refractivity contribution in [3.05, 3.63) is 47.0 Å². The van der Waals surface area contributed by atoms with Crippen molar-refractivity contribution in [1.29, 1.82) is 0 Å². The number of hydrogen-bond acceptors (Lipinski definition) is 10. The first-order valence-electron chi connectivity index (χ1n) is 16.3. The van der Waals surface area contributed by atoms with Gasteiger partial charge in [-0.1, -0.05) is 32.0 Å². The van der Waals surface area contributed by atoms with Crippen molar-refractivity contribution in [2.75, 3.05) is 6.61 Å². The fraction of sp³-hybridized carbons (Fsp3) is 0.676. The number of esters is 2. The summed E-state index contributed by atoms with van der Waals surface area (Å²) < 4.78 is 32.9. The van der Waals surface area contributed by atoms with Gasteiger partial charge in [-0.05, 0) is 69.0 Å². The van der Waals surface area contributed by atoms with Crippen LogP contribution in [0, 0.1) is 16.7 Å². The van der Waals surface area contributed by atoms with Gasteiger partial charge in [-0.25, -0.2) is 4.79 Å². The summed E-state index contributed by atoms with van der Waals surface area (Å²) >= 11 is 0. The number of aliphatic hydroxyl groups is 2. The first kappa shape index (κ1) is 33.7. The highest BCUT2D eigenvalue weighted by Crippen LogP contribution is 2.65. The van der Waals surface area contributed by atoms with Crippen LogP contribution in [0.3, 0.4) is 0 Å². The zero-order valence-electron chi connectivity index (χ0n) is 28.3. The average molecular weight is 673 g/mol. The van der Waals surface area contributed by atoms with E-state index in [4.69, 9.17) is 23.1 Å². The third-order valence-corrected chi connectivity index (χ3v) is 20.2. The van der Waals surface area contributed by atoms with Crippen molar-refractivity contribution < 1.29 is 47.7 Å². The molecular weight excluding hydrogens is 625 g/mol. The molecule has 46 heavy (non-hydrogen) atoms. The summed E-state index contributed by atoms with van der Waals surface area (Å²) in [5, 5.41) is 24.9. The second-order valence-corrected chi connectivity index (χ2v) is 25.0. The maximum Gasteiger partial charge on any atom is 0.338 e. The van der Waals surface area contributed by atoms with Gasteiger partial charge in [0.25, 0.3) is 0 Å². The van der Waals surface area contributed by atoms with E-state index < -0.39 is 87.0 Å². The van der Waals surface area contributed by atoms with E-state index in [9.17, 15) is 19.8 Å². The first-order valence-corrected chi connectivity index (χ1v) is 22.5. The Morgan fingerprint density at radius 3 is 2.22 bits per heavy atom. The quantitative estimate of drug-likeness (QED) is 0.274. The van der Waals surface area contributed by atoms with Crippen LogP contribution in [0.2, 0.25) is 31.9 Å². The van der Waals surface area contributed by atoms with Crippen LogP contribution in [0.5, 0.6) is 0 Å². The number of Topliss-reactive ketones (excluding diaryl/α,β-unsaturated/α-hetero) is 1. The van der Waals surface area contributed by atoms with Gasteiger partial charge in [0, 0.05) is 25.2 Å². The number of ketones is 1. The molecule has 6 rings (SSSR count). The van der Waals surface area contributed by atoms with E-state index in [-0.39, 0.29) is 30.8 Å². The highest BCUT2D eigenvalue weighted by molar-refractivity contribution is 6.89. The summed E-state index contributed by atoms with van der Waals surface area (Å²) in [5.41, 5.74) is -4.00. The SMILES string of the molecule is CC(=O)O[C@@]12CO[C@@H]1CC1O[Si](C)(C)C[Si](C)(C)OC3C(=O)[C@@]1(C)C2[C@H](OC(=O)c1ccccc1)[C@]1(O)C[C@H](O)C(C)=C3C1(C)C. The molecule has 2 saturated heterocycles. The first-order chi connectivity index (χ1) is 21.2. The summed E-state index contributed by atoms with van der Waals surface area (Å²) in [6.07, 6.45) is -4.94. The molecule has 3 aliphatic carbocycles. The van der Waals surface area contributed by atoms with Gasteiger partial charge in [0.15, 0.2) is 28.0 Å². The molecule has 0 amide bonds. The number of rotatable bonds is 3. The molecule has 0 spiro atoms. The van der Waals surface area contributed by atoms with E-state index in [1.54, 1.807) is 44.2 Å². The third-order valence-electron chi connectivity index (χ3n) is 11.6. The lowest BCUT2D eigenvalue weighted by molar-refractivity contribution is -0.344. The highest BCUT2D eigenvalue weighted by atomic mass is 28.4. The van der Waals surface area contributed by atoms with E-state index in [1.165, 1.54) is 6.92 Å². The van der Waals surface area contributed by atoms with Gasteiger partial charge in [0.1, 0.15) is 23.9 Å². The lowest BCUT2D eigenvalue weighted by Crippen LogP contribution is -2.82. The number of fused-ring (bicyclic) bond motifs is 6. The zero-order chi connectivity index (χ0) is 33.8. The lowest BCUT2D eigenvalue weighted by Gasteiger charge is -2.68. The van der Waals surface area contributed by atoms with Crippen LogP contribution in [0.1, 0.15) is 57.8 Å². The molecule has 3 unspecified atom stereocenters. The Bertz CT molecular complexity index is 1490. The molecule has 10 nitrogen and oxygen atoms in total. The molecule has 1 aromatic rings. The van der Waals surface area contributed by atoms with Crippen molar-refractivity contribution in [3.8, 4) is 0 Å². The van der Waals surface area contributed by atoms with Crippen molar-refractivity contribution in [2.45, 2.75) is 121 Å². The van der Waals surface area contributed by atoms with Crippen LogP contribution in [0.15, 0.2) is 41.5 Å². The highest BCUT2D eigenvalue weighted by Gasteiger charge is 2.78. The minimum absolute atomic E-state index is 0.0513. The van der Waals surface area contributed by atoms with Crippen LogP contribution in [-0.4, -0.2) is 92.9 Å². The van der Waals surface area contributed by atoms with Crippen molar-refractivity contribution in [1.82, 2.24) is 0 Å². The second-order valence-electron chi connectivity index (χ2n) is 16.1. The zero-order valence-corrected chi connectivity index (χ0v) is 30.3. The molecule has 12 heteroatoms. The van der Waals surface area contributed by atoms with Gasteiger partial charge in [-0.3, -0.25) is 9.59 Å². The van der Waals surface area contributed by atoms with E-state index in [0.29, 0.717) is 16.8 Å². The minimum atomic E-state index is -2.61. The van der Waals surface area contributed by atoms with Gasteiger partial charge < -0.3 is 33.3 Å². The Morgan fingerprint density at radius 1 is 1.00 bits per heavy atom. The topological polar surface area (TPSA) is 138 Å². The fourth-order valence-corrected chi connectivity index (χ4v) is 20.5. The molecule has 1 aromatic carbocycles. The number of ether oxygens (including phenoxy) is 3. The molecule has 2 aliphatic heterocycles. The maximum absolute atomic E-state index is 15.6. The molecule has 2 saturated carbocycles. The van der Waals surface area contributed by atoms with Gasteiger partial charge in [-0.15, -0.1) is 0 Å². The Hall–Kier alpha value is -2.20. The van der Waals surface area contributed by atoms with Crippen molar-refractivity contribution >= 4 is 34.4 Å². The maximum atomic E-state index is 15.6. The average Bonchev–Trinajstić information content (AvgIpc) is 2.95. The van der Waals surface area contributed by atoms with E-state index in [2.05, 4.69) is 26.2 Å². The van der Waals surface area contributed by atoms with Crippen LogP contribution in [-0.2, 0) is 32.7 Å². The van der Waals surface area contributed by atoms with Gasteiger partial charge in [-0.2, -0.15) is 0 Å². The summed E-state index contributed by atoms with van der Waals surface area (Å²) in [6.45, 7) is 16.9.